The zero-order valence-corrected chi connectivity index (χ0v) is 14.7. The van der Waals surface area contributed by atoms with E-state index in [1.54, 1.807) is 0 Å². The number of amides is 1. The molecule has 5 nitrogen and oxygen atoms in total. The van der Waals surface area contributed by atoms with Gasteiger partial charge in [-0.1, -0.05) is 6.42 Å². The van der Waals surface area contributed by atoms with Gasteiger partial charge in [-0.3, -0.25) is 9.69 Å². The van der Waals surface area contributed by atoms with Crippen LogP contribution in [0.15, 0.2) is 0 Å². The molecule has 0 bridgehead atoms. The van der Waals surface area contributed by atoms with Gasteiger partial charge in [0, 0.05) is 50.0 Å². The SMILES string of the molecule is O=C(CN1CCSCC1C1CCC1)N1CCC2(CC1)OCCO2. The normalized spacial score (nSPS) is 32.2. The van der Waals surface area contributed by atoms with E-state index < -0.39 is 0 Å². The van der Waals surface area contributed by atoms with Crippen molar-refractivity contribution >= 4 is 17.7 Å². The number of rotatable bonds is 3. The summed E-state index contributed by atoms with van der Waals surface area (Å²) in [6.45, 7) is 4.62. The van der Waals surface area contributed by atoms with E-state index in [1.165, 1.54) is 30.8 Å². The van der Waals surface area contributed by atoms with Crippen molar-refractivity contribution in [1.29, 1.82) is 0 Å². The van der Waals surface area contributed by atoms with Gasteiger partial charge in [0.15, 0.2) is 5.79 Å². The fourth-order valence-corrected chi connectivity index (χ4v) is 5.52. The van der Waals surface area contributed by atoms with Gasteiger partial charge >= 0.3 is 0 Å². The monoisotopic (exact) mass is 340 g/mol. The van der Waals surface area contributed by atoms with Crippen molar-refractivity contribution in [2.24, 2.45) is 5.92 Å². The number of ether oxygens (including phenoxy) is 2. The zero-order chi connectivity index (χ0) is 15.7. The van der Waals surface area contributed by atoms with Crippen LogP contribution in [0.25, 0.3) is 0 Å². The first kappa shape index (κ1) is 16.2. The van der Waals surface area contributed by atoms with Crippen LogP contribution in [-0.4, -0.2) is 78.4 Å². The molecule has 1 aliphatic carbocycles. The fraction of sp³-hybridized carbons (Fsp3) is 0.941. The Morgan fingerprint density at radius 1 is 1.13 bits per heavy atom. The standard InChI is InChI=1S/C17H28N2O3S/c20-16(18-6-4-17(5-7-18)21-9-10-22-17)12-19-8-11-23-13-15(19)14-2-1-3-14/h14-15H,1-13H2. The van der Waals surface area contributed by atoms with Crippen LogP contribution in [0.3, 0.4) is 0 Å². The molecule has 0 N–H and O–H groups in total. The van der Waals surface area contributed by atoms with E-state index in [0.29, 0.717) is 31.7 Å². The predicted octanol–water partition coefficient (Wildman–Crippen LogP) is 1.57. The topological polar surface area (TPSA) is 42.0 Å². The van der Waals surface area contributed by atoms with Gasteiger partial charge in [-0.05, 0) is 18.8 Å². The smallest absolute Gasteiger partial charge is 0.236 e. The number of hydrogen-bond donors (Lipinski definition) is 0. The Labute approximate surface area is 143 Å². The molecule has 0 aromatic heterocycles. The summed E-state index contributed by atoms with van der Waals surface area (Å²) in [7, 11) is 0. The van der Waals surface area contributed by atoms with E-state index in [2.05, 4.69) is 16.7 Å². The molecule has 0 aromatic carbocycles. The van der Waals surface area contributed by atoms with Crippen LogP contribution in [0.1, 0.15) is 32.1 Å². The number of hydrogen-bond acceptors (Lipinski definition) is 5. The highest BCUT2D eigenvalue weighted by molar-refractivity contribution is 7.99. The molecule has 1 unspecified atom stereocenters. The highest BCUT2D eigenvalue weighted by atomic mass is 32.2. The summed E-state index contributed by atoms with van der Waals surface area (Å²) < 4.78 is 11.5. The minimum Gasteiger partial charge on any atom is -0.347 e. The third-order valence-electron chi connectivity index (χ3n) is 6.00. The van der Waals surface area contributed by atoms with Gasteiger partial charge in [0.25, 0.3) is 0 Å². The quantitative estimate of drug-likeness (QED) is 0.780. The van der Waals surface area contributed by atoms with Crippen molar-refractivity contribution in [3.63, 3.8) is 0 Å². The van der Waals surface area contributed by atoms with Crippen LogP contribution in [0, 0.1) is 5.92 Å². The van der Waals surface area contributed by atoms with Crippen LogP contribution >= 0.6 is 11.8 Å². The van der Waals surface area contributed by atoms with Gasteiger partial charge in [-0.25, -0.2) is 0 Å². The average molecular weight is 340 g/mol. The number of carbonyl (C=O) groups is 1. The lowest BCUT2D eigenvalue weighted by molar-refractivity contribution is -0.187. The number of likely N-dealkylation sites (tertiary alicyclic amines) is 1. The molecule has 1 saturated carbocycles. The first-order chi connectivity index (χ1) is 11.3. The summed E-state index contributed by atoms with van der Waals surface area (Å²) in [6, 6.07) is 0.629. The molecule has 4 rings (SSSR count). The lowest BCUT2D eigenvalue weighted by Gasteiger charge is -2.44. The molecule has 0 aromatic rings. The third-order valence-corrected chi connectivity index (χ3v) is 7.05. The van der Waals surface area contributed by atoms with E-state index >= 15 is 0 Å². The van der Waals surface area contributed by atoms with Crippen molar-refractivity contribution in [2.45, 2.75) is 43.9 Å². The van der Waals surface area contributed by atoms with E-state index in [0.717, 1.165) is 38.4 Å². The summed E-state index contributed by atoms with van der Waals surface area (Å²) in [4.78, 5) is 17.2. The van der Waals surface area contributed by atoms with Crippen LogP contribution in [0.2, 0.25) is 0 Å². The van der Waals surface area contributed by atoms with Crippen LogP contribution in [0.4, 0.5) is 0 Å². The molecule has 0 radical (unpaired) electrons. The molecule has 1 spiro atoms. The fourth-order valence-electron chi connectivity index (χ4n) is 4.27. The van der Waals surface area contributed by atoms with Crippen molar-refractivity contribution in [3.8, 4) is 0 Å². The summed E-state index contributed by atoms with van der Waals surface area (Å²) in [6.07, 6.45) is 5.73. The molecule has 4 fully saturated rings. The Bertz CT molecular complexity index is 428. The lowest BCUT2D eigenvalue weighted by Crippen LogP contribution is -2.54. The molecule has 1 amide bonds. The Kier molecular flexibility index (Phi) is 4.86. The van der Waals surface area contributed by atoms with Gasteiger partial charge in [0.1, 0.15) is 0 Å². The molecule has 4 aliphatic rings. The first-order valence-corrected chi connectivity index (χ1v) is 10.3. The number of carbonyl (C=O) groups excluding carboxylic acids is 1. The van der Waals surface area contributed by atoms with Gasteiger partial charge in [-0.2, -0.15) is 11.8 Å². The van der Waals surface area contributed by atoms with E-state index in [4.69, 9.17) is 9.47 Å². The summed E-state index contributed by atoms with van der Waals surface area (Å²) >= 11 is 2.06. The summed E-state index contributed by atoms with van der Waals surface area (Å²) in [5.41, 5.74) is 0. The molecule has 3 heterocycles. The highest BCUT2D eigenvalue weighted by Crippen LogP contribution is 2.36. The average Bonchev–Trinajstić information content (AvgIpc) is 2.96. The van der Waals surface area contributed by atoms with Crippen LogP contribution in [0.5, 0.6) is 0 Å². The number of piperidine rings is 1. The summed E-state index contributed by atoms with van der Waals surface area (Å²) in [5, 5.41) is 0. The minimum atomic E-state index is -0.382. The van der Waals surface area contributed by atoms with Gasteiger partial charge in [0.05, 0.1) is 19.8 Å². The highest BCUT2D eigenvalue weighted by Gasteiger charge is 2.41. The number of nitrogens with zero attached hydrogens (tertiary/aromatic N) is 2. The molecule has 3 aliphatic heterocycles. The maximum absolute atomic E-state index is 12.7. The largest absolute Gasteiger partial charge is 0.347 e. The number of thioether (sulfide) groups is 1. The Balaban J connectivity index is 1.30. The van der Waals surface area contributed by atoms with E-state index in [1.807, 2.05) is 4.90 Å². The van der Waals surface area contributed by atoms with E-state index in [9.17, 15) is 4.79 Å². The molecule has 1 atom stereocenters. The summed E-state index contributed by atoms with van der Waals surface area (Å²) in [5.74, 6) is 3.13. The van der Waals surface area contributed by atoms with Crippen molar-refractivity contribution in [2.75, 3.05) is 50.9 Å². The molecular formula is C17H28N2O3S. The maximum atomic E-state index is 12.7. The lowest BCUT2D eigenvalue weighted by atomic mass is 9.79. The molecular weight excluding hydrogens is 312 g/mol. The van der Waals surface area contributed by atoms with E-state index in [-0.39, 0.29) is 5.79 Å². The third kappa shape index (κ3) is 3.41. The minimum absolute atomic E-state index is 0.300. The maximum Gasteiger partial charge on any atom is 0.236 e. The van der Waals surface area contributed by atoms with Crippen molar-refractivity contribution in [1.82, 2.24) is 9.80 Å². The predicted molar refractivity (Wildman–Crippen MR) is 90.5 cm³/mol. The Morgan fingerprint density at radius 3 is 2.52 bits per heavy atom. The van der Waals surface area contributed by atoms with Gasteiger partial charge < -0.3 is 14.4 Å². The van der Waals surface area contributed by atoms with Gasteiger partial charge in [0.2, 0.25) is 5.91 Å². The van der Waals surface area contributed by atoms with Crippen molar-refractivity contribution in [3.05, 3.63) is 0 Å². The molecule has 6 heteroatoms. The zero-order valence-electron chi connectivity index (χ0n) is 13.9. The second-order valence-corrected chi connectivity index (χ2v) is 8.44. The van der Waals surface area contributed by atoms with Crippen LogP contribution < -0.4 is 0 Å². The van der Waals surface area contributed by atoms with Crippen LogP contribution in [-0.2, 0) is 14.3 Å². The van der Waals surface area contributed by atoms with Crippen molar-refractivity contribution < 1.29 is 14.3 Å². The first-order valence-electron chi connectivity index (χ1n) is 9.13. The van der Waals surface area contributed by atoms with Gasteiger partial charge in [-0.15, -0.1) is 0 Å². The Hall–Kier alpha value is -0.300. The molecule has 3 saturated heterocycles. The molecule has 23 heavy (non-hydrogen) atoms. The molecule has 130 valence electrons. The Morgan fingerprint density at radius 2 is 1.87 bits per heavy atom. The second kappa shape index (κ2) is 6.90. The second-order valence-electron chi connectivity index (χ2n) is 7.29.